The summed E-state index contributed by atoms with van der Waals surface area (Å²) in [6, 6.07) is 5.05. The van der Waals surface area contributed by atoms with Crippen molar-refractivity contribution in [1.29, 1.82) is 0 Å². The van der Waals surface area contributed by atoms with Crippen LogP contribution in [0.5, 0.6) is 0 Å². The van der Waals surface area contributed by atoms with Crippen LogP contribution in [0, 0.1) is 16.0 Å². The number of nitro benzene ring substituents is 1. The van der Waals surface area contributed by atoms with Crippen molar-refractivity contribution in [3.8, 4) is 0 Å². The van der Waals surface area contributed by atoms with Gasteiger partial charge in [-0.3, -0.25) is 15.0 Å². The number of piperazine rings is 1. The molecule has 114 valence electrons. The molecular formula is C15H20ClN3O2. The first kappa shape index (κ1) is 14.8. The van der Waals surface area contributed by atoms with E-state index in [4.69, 9.17) is 11.6 Å². The van der Waals surface area contributed by atoms with Crippen molar-refractivity contribution in [2.45, 2.75) is 25.3 Å². The average molecular weight is 310 g/mol. The molecule has 1 aliphatic heterocycles. The summed E-state index contributed by atoms with van der Waals surface area (Å²) < 4.78 is 0. The Morgan fingerprint density at radius 2 is 2.05 bits per heavy atom. The topological polar surface area (TPSA) is 58.4 Å². The standard InChI is InChI=1S/C15H20ClN3O2/c16-14-5-4-12(19(20)21)10-13(14)15(11-2-1-3-11)18-8-6-17-7-9-18/h4-5,10-11,15,17H,1-3,6-9H2/t15-/m1/s1. The van der Waals surface area contributed by atoms with E-state index in [0.29, 0.717) is 10.9 Å². The Bertz CT molecular complexity index is 528. The maximum atomic E-state index is 11.1. The molecule has 1 aliphatic carbocycles. The van der Waals surface area contributed by atoms with Gasteiger partial charge in [-0.1, -0.05) is 18.0 Å². The lowest BCUT2D eigenvalue weighted by molar-refractivity contribution is -0.385. The van der Waals surface area contributed by atoms with Gasteiger partial charge in [0.05, 0.1) is 4.92 Å². The van der Waals surface area contributed by atoms with E-state index in [-0.39, 0.29) is 16.7 Å². The van der Waals surface area contributed by atoms with E-state index in [1.807, 2.05) is 0 Å². The second-order valence-corrected chi connectivity index (χ2v) is 6.29. The first-order chi connectivity index (χ1) is 10.2. The van der Waals surface area contributed by atoms with Crippen molar-refractivity contribution >= 4 is 17.3 Å². The average Bonchev–Trinajstić information content (AvgIpc) is 2.44. The molecule has 1 saturated heterocycles. The van der Waals surface area contributed by atoms with Crippen molar-refractivity contribution in [3.05, 3.63) is 38.9 Å². The fraction of sp³-hybridized carbons (Fsp3) is 0.600. The number of nitrogens with one attached hydrogen (secondary N) is 1. The van der Waals surface area contributed by atoms with Crippen molar-refractivity contribution in [2.75, 3.05) is 26.2 Å². The van der Waals surface area contributed by atoms with Crippen LogP contribution < -0.4 is 5.32 Å². The monoisotopic (exact) mass is 309 g/mol. The fourth-order valence-electron chi connectivity index (χ4n) is 3.34. The molecule has 6 heteroatoms. The van der Waals surface area contributed by atoms with Gasteiger partial charge >= 0.3 is 0 Å². The molecule has 0 aromatic heterocycles. The molecule has 1 aromatic carbocycles. The molecule has 1 aromatic rings. The summed E-state index contributed by atoms with van der Waals surface area (Å²) >= 11 is 6.38. The number of hydrogen-bond acceptors (Lipinski definition) is 4. The van der Waals surface area contributed by atoms with E-state index in [9.17, 15) is 10.1 Å². The Hall–Kier alpha value is -1.17. The molecule has 2 aliphatic rings. The van der Waals surface area contributed by atoms with E-state index in [1.54, 1.807) is 12.1 Å². The van der Waals surface area contributed by atoms with Crippen LogP contribution in [0.4, 0.5) is 5.69 Å². The lowest BCUT2D eigenvalue weighted by Crippen LogP contribution is -2.47. The molecule has 0 amide bonds. The minimum Gasteiger partial charge on any atom is -0.314 e. The largest absolute Gasteiger partial charge is 0.314 e. The van der Waals surface area contributed by atoms with Crippen LogP contribution >= 0.6 is 11.6 Å². The number of halogens is 1. The summed E-state index contributed by atoms with van der Waals surface area (Å²) in [5.74, 6) is 0.572. The van der Waals surface area contributed by atoms with Crippen LogP contribution in [0.3, 0.4) is 0 Å². The minimum atomic E-state index is -0.338. The summed E-state index contributed by atoms with van der Waals surface area (Å²) in [5, 5.41) is 15.1. The van der Waals surface area contributed by atoms with Crippen LogP contribution in [-0.4, -0.2) is 36.0 Å². The first-order valence-electron chi connectivity index (χ1n) is 7.55. The molecule has 21 heavy (non-hydrogen) atoms. The second-order valence-electron chi connectivity index (χ2n) is 5.88. The number of non-ortho nitro benzene ring substituents is 1. The molecular weight excluding hydrogens is 290 g/mol. The van der Waals surface area contributed by atoms with Crippen LogP contribution in [0.15, 0.2) is 18.2 Å². The molecule has 1 atom stereocenters. The fourth-order valence-corrected chi connectivity index (χ4v) is 3.57. The van der Waals surface area contributed by atoms with Gasteiger partial charge in [-0.2, -0.15) is 0 Å². The van der Waals surface area contributed by atoms with Gasteiger partial charge in [0, 0.05) is 49.4 Å². The van der Waals surface area contributed by atoms with Crippen molar-refractivity contribution in [3.63, 3.8) is 0 Å². The molecule has 0 bridgehead atoms. The third-order valence-electron chi connectivity index (χ3n) is 4.65. The molecule has 1 N–H and O–H groups in total. The van der Waals surface area contributed by atoms with Crippen molar-refractivity contribution < 1.29 is 4.92 Å². The van der Waals surface area contributed by atoms with Crippen molar-refractivity contribution in [2.24, 2.45) is 5.92 Å². The molecule has 1 saturated carbocycles. The predicted molar refractivity (Wildman–Crippen MR) is 82.6 cm³/mol. The number of rotatable bonds is 4. The maximum Gasteiger partial charge on any atom is 0.269 e. The van der Waals surface area contributed by atoms with Gasteiger partial charge in [-0.25, -0.2) is 0 Å². The summed E-state index contributed by atoms with van der Waals surface area (Å²) in [5.41, 5.74) is 1.06. The zero-order valence-electron chi connectivity index (χ0n) is 11.9. The van der Waals surface area contributed by atoms with Crippen LogP contribution in [-0.2, 0) is 0 Å². The normalized spacial score (nSPS) is 21.8. The quantitative estimate of drug-likeness (QED) is 0.686. The highest BCUT2D eigenvalue weighted by Crippen LogP contribution is 2.44. The highest BCUT2D eigenvalue weighted by Gasteiger charge is 2.35. The molecule has 3 rings (SSSR count). The van der Waals surface area contributed by atoms with Gasteiger partial charge in [-0.05, 0) is 30.4 Å². The summed E-state index contributed by atoms with van der Waals surface area (Å²) in [6.45, 7) is 3.88. The van der Waals surface area contributed by atoms with E-state index in [0.717, 1.165) is 31.7 Å². The third-order valence-corrected chi connectivity index (χ3v) is 4.99. The van der Waals surface area contributed by atoms with E-state index in [1.165, 1.54) is 25.3 Å². The minimum absolute atomic E-state index is 0.133. The highest BCUT2D eigenvalue weighted by atomic mass is 35.5. The predicted octanol–water partition coefficient (Wildman–Crippen LogP) is 2.99. The maximum absolute atomic E-state index is 11.1. The molecule has 5 nitrogen and oxygen atoms in total. The Morgan fingerprint density at radius 3 is 2.62 bits per heavy atom. The molecule has 2 fully saturated rings. The zero-order chi connectivity index (χ0) is 14.8. The number of nitro groups is 1. The van der Waals surface area contributed by atoms with Gasteiger partial charge in [-0.15, -0.1) is 0 Å². The van der Waals surface area contributed by atoms with Crippen LogP contribution in [0.25, 0.3) is 0 Å². The Kier molecular flexibility index (Phi) is 4.42. The lowest BCUT2D eigenvalue weighted by atomic mass is 9.76. The Labute approximate surface area is 129 Å². The number of benzene rings is 1. The molecule has 0 radical (unpaired) electrons. The molecule has 0 spiro atoms. The summed E-state index contributed by atoms with van der Waals surface area (Å²) in [6.07, 6.45) is 3.63. The Morgan fingerprint density at radius 1 is 1.33 bits per heavy atom. The van der Waals surface area contributed by atoms with Crippen LogP contribution in [0.1, 0.15) is 30.9 Å². The van der Waals surface area contributed by atoms with Crippen LogP contribution in [0.2, 0.25) is 5.02 Å². The zero-order valence-corrected chi connectivity index (χ0v) is 12.7. The van der Waals surface area contributed by atoms with Gasteiger partial charge in [0.15, 0.2) is 0 Å². The van der Waals surface area contributed by atoms with Gasteiger partial charge < -0.3 is 5.32 Å². The lowest BCUT2D eigenvalue weighted by Gasteiger charge is -2.43. The smallest absolute Gasteiger partial charge is 0.269 e. The Balaban J connectivity index is 1.94. The summed E-state index contributed by atoms with van der Waals surface area (Å²) in [7, 11) is 0. The SMILES string of the molecule is O=[N+]([O-])c1ccc(Cl)c([C@@H](C2CCC2)N2CCNCC2)c1. The summed E-state index contributed by atoms with van der Waals surface area (Å²) in [4.78, 5) is 13.2. The third kappa shape index (κ3) is 3.05. The molecule has 1 heterocycles. The number of hydrogen-bond donors (Lipinski definition) is 1. The second kappa shape index (κ2) is 6.30. The van der Waals surface area contributed by atoms with Gasteiger partial charge in [0.1, 0.15) is 0 Å². The van der Waals surface area contributed by atoms with Gasteiger partial charge in [0.2, 0.25) is 0 Å². The van der Waals surface area contributed by atoms with Crippen molar-refractivity contribution in [1.82, 2.24) is 10.2 Å². The van der Waals surface area contributed by atoms with E-state index < -0.39 is 0 Å². The highest BCUT2D eigenvalue weighted by molar-refractivity contribution is 6.31. The molecule has 0 unspecified atom stereocenters. The van der Waals surface area contributed by atoms with E-state index in [2.05, 4.69) is 10.2 Å². The number of nitrogens with zero attached hydrogens (tertiary/aromatic N) is 2. The van der Waals surface area contributed by atoms with Gasteiger partial charge in [0.25, 0.3) is 5.69 Å². The van der Waals surface area contributed by atoms with E-state index >= 15 is 0 Å². The first-order valence-corrected chi connectivity index (χ1v) is 7.93.